The van der Waals surface area contributed by atoms with Crippen LogP contribution >= 0.6 is 0 Å². The second-order valence-corrected chi connectivity index (χ2v) is 7.21. The van der Waals surface area contributed by atoms with Gasteiger partial charge in [-0.15, -0.1) is 0 Å². The van der Waals surface area contributed by atoms with Crippen molar-refractivity contribution in [3.8, 4) is 5.75 Å². The van der Waals surface area contributed by atoms with Crippen LogP contribution in [-0.4, -0.2) is 39.6 Å². The van der Waals surface area contributed by atoms with Gasteiger partial charge in [0.2, 0.25) is 0 Å². The van der Waals surface area contributed by atoms with E-state index in [1.54, 1.807) is 6.92 Å². The smallest absolute Gasteiger partial charge is 0.326 e. The number of sulfonamides is 1. The number of hydrogen-bond donors (Lipinski definition) is 0. The molecule has 0 aliphatic carbocycles. The topological polar surface area (TPSA) is 116 Å². The van der Waals surface area contributed by atoms with Gasteiger partial charge in [0, 0.05) is 0 Å². The van der Waals surface area contributed by atoms with Gasteiger partial charge in [0.15, 0.2) is 4.90 Å². The maximum atomic E-state index is 13.2. The number of nitro groups is 1. The molecule has 0 N–H and O–H groups in total. The number of anilines is 1. The van der Waals surface area contributed by atoms with E-state index in [9.17, 15) is 27.7 Å². The van der Waals surface area contributed by atoms with Crippen LogP contribution < -0.4 is 9.04 Å². The van der Waals surface area contributed by atoms with Gasteiger partial charge in [-0.3, -0.25) is 19.2 Å². The summed E-state index contributed by atoms with van der Waals surface area (Å²) in [7, 11) is -3.29. The summed E-state index contributed by atoms with van der Waals surface area (Å²) in [5.74, 6) is -1.40. The van der Waals surface area contributed by atoms with E-state index in [0.717, 1.165) is 36.4 Å². The zero-order valence-corrected chi connectivity index (χ0v) is 15.8. The van der Waals surface area contributed by atoms with Gasteiger partial charge in [-0.2, -0.15) is 0 Å². The number of rotatable bonds is 8. The Labute approximate surface area is 160 Å². The van der Waals surface area contributed by atoms with E-state index in [4.69, 9.17) is 9.47 Å². The molecule has 0 aliphatic rings. The Morgan fingerprint density at radius 1 is 1.21 bits per heavy atom. The first-order chi connectivity index (χ1) is 13.2. The lowest BCUT2D eigenvalue weighted by atomic mass is 10.3. The van der Waals surface area contributed by atoms with E-state index in [1.165, 1.54) is 13.2 Å². The van der Waals surface area contributed by atoms with Crippen molar-refractivity contribution in [3.05, 3.63) is 58.4 Å². The highest BCUT2D eigenvalue weighted by atomic mass is 32.2. The van der Waals surface area contributed by atoms with Gasteiger partial charge in [0.1, 0.15) is 18.1 Å². The van der Waals surface area contributed by atoms with Crippen LogP contribution in [0, 0.1) is 15.9 Å². The molecule has 9 nitrogen and oxygen atoms in total. The van der Waals surface area contributed by atoms with Crippen molar-refractivity contribution in [2.24, 2.45) is 0 Å². The zero-order chi connectivity index (χ0) is 20.9. The van der Waals surface area contributed by atoms with Crippen LogP contribution in [0.15, 0.2) is 47.4 Å². The average molecular weight is 412 g/mol. The SMILES string of the molecule is CCOC(=O)CN(c1ccc(F)cc1)S(=O)(=O)c1ccc(OC)cc1[N+](=O)[O-]. The van der Waals surface area contributed by atoms with Crippen LogP contribution in [0.2, 0.25) is 0 Å². The van der Waals surface area contributed by atoms with Gasteiger partial charge >= 0.3 is 5.97 Å². The van der Waals surface area contributed by atoms with Crippen LogP contribution in [0.4, 0.5) is 15.8 Å². The first-order valence-electron chi connectivity index (χ1n) is 7.97. The molecule has 0 aliphatic heterocycles. The number of hydrogen-bond acceptors (Lipinski definition) is 7. The van der Waals surface area contributed by atoms with Crippen LogP contribution in [-0.2, 0) is 19.6 Å². The van der Waals surface area contributed by atoms with Crippen LogP contribution in [0.1, 0.15) is 6.92 Å². The van der Waals surface area contributed by atoms with Gasteiger partial charge in [-0.05, 0) is 43.3 Å². The molecule has 0 unspecified atom stereocenters. The number of nitrogens with zero attached hydrogens (tertiary/aromatic N) is 2. The summed E-state index contributed by atoms with van der Waals surface area (Å²) in [5.41, 5.74) is -0.783. The van der Waals surface area contributed by atoms with E-state index in [2.05, 4.69) is 0 Å². The molecule has 0 aromatic heterocycles. The highest BCUT2D eigenvalue weighted by Crippen LogP contribution is 2.32. The van der Waals surface area contributed by atoms with E-state index in [1.807, 2.05) is 0 Å². The molecule has 0 atom stereocenters. The fourth-order valence-electron chi connectivity index (χ4n) is 2.35. The molecule has 0 spiro atoms. The van der Waals surface area contributed by atoms with E-state index in [-0.39, 0.29) is 18.0 Å². The molecule has 150 valence electrons. The second-order valence-electron chi connectivity index (χ2n) is 5.38. The molecule has 11 heteroatoms. The standard InChI is InChI=1S/C17H17FN2O7S/c1-3-27-17(21)11-19(13-6-4-12(18)5-7-13)28(24,25)16-9-8-14(26-2)10-15(16)20(22)23/h4-10H,3,11H2,1-2H3. The van der Waals surface area contributed by atoms with Crippen LogP contribution in [0.3, 0.4) is 0 Å². The Morgan fingerprint density at radius 2 is 1.86 bits per heavy atom. The minimum atomic E-state index is -4.57. The predicted octanol–water partition coefficient (Wildman–Crippen LogP) is 2.50. The van der Waals surface area contributed by atoms with Gasteiger partial charge in [0.05, 0.1) is 30.4 Å². The number of carbonyl (C=O) groups is 1. The summed E-state index contributed by atoms with van der Waals surface area (Å²) >= 11 is 0. The molecule has 0 saturated heterocycles. The lowest BCUT2D eigenvalue weighted by Crippen LogP contribution is -2.37. The van der Waals surface area contributed by atoms with Crippen molar-refractivity contribution in [1.29, 1.82) is 0 Å². The van der Waals surface area contributed by atoms with Crippen LogP contribution in [0.25, 0.3) is 0 Å². The predicted molar refractivity (Wildman–Crippen MR) is 97.2 cm³/mol. The third-order valence-corrected chi connectivity index (χ3v) is 5.44. The Hall–Kier alpha value is -3.21. The molecular weight excluding hydrogens is 395 g/mol. The summed E-state index contributed by atoms with van der Waals surface area (Å²) in [6.45, 7) is 0.812. The summed E-state index contributed by atoms with van der Waals surface area (Å²) in [6.07, 6.45) is 0. The molecular formula is C17H17FN2O7S. The molecule has 0 saturated carbocycles. The Kier molecular flexibility index (Phi) is 6.52. The van der Waals surface area contributed by atoms with Crippen molar-refractivity contribution >= 4 is 27.4 Å². The highest BCUT2D eigenvalue weighted by molar-refractivity contribution is 7.93. The van der Waals surface area contributed by atoms with Gasteiger partial charge in [-0.1, -0.05) is 0 Å². The number of benzene rings is 2. The van der Waals surface area contributed by atoms with Gasteiger partial charge < -0.3 is 9.47 Å². The maximum absolute atomic E-state index is 13.2. The minimum absolute atomic E-state index is 0.0127. The Balaban J connectivity index is 2.62. The van der Waals surface area contributed by atoms with Gasteiger partial charge in [-0.25, -0.2) is 12.8 Å². The molecule has 2 rings (SSSR count). The van der Waals surface area contributed by atoms with Crippen molar-refractivity contribution in [1.82, 2.24) is 0 Å². The zero-order valence-electron chi connectivity index (χ0n) is 15.0. The largest absolute Gasteiger partial charge is 0.497 e. The van der Waals surface area contributed by atoms with Crippen molar-refractivity contribution in [3.63, 3.8) is 0 Å². The molecule has 28 heavy (non-hydrogen) atoms. The number of nitro benzene ring substituents is 1. The lowest BCUT2D eigenvalue weighted by molar-refractivity contribution is -0.387. The number of esters is 1. The normalized spacial score (nSPS) is 11.0. The minimum Gasteiger partial charge on any atom is -0.497 e. The summed E-state index contributed by atoms with van der Waals surface area (Å²) in [6, 6.07) is 7.50. The number of ether oxygens (including phenoxy) is 2. The quantitative estimate of drug-likeness (QED) is 0.371. The molecule has 0 amide bonds. The Morgan fingerprint density at radius 3 is 2.39 bits per heavy atom. The molecule has 2 aromatic carbocycles. The molecule has 0 bridgehead atoms. The van der Waals surface area contributed by atoms with Crippen molar-refractivity contribution in [2.75, 3.05) is 24.6 Å². The first kappa shape index (κ1) is 21.1. The van der Waals surface area contributed by atoms with Crippen molar-refractivity contribution < 1.29 is 32.0 Å². The molecule has 0 radical (unpaired) electrons. The fourth-order valence-corrected chi connectivity index (χ4v) is 3.90. The first-order valence-corrected chi connectivity index (χ1v) is 9.41. The third kappa shape index (κ3) is 4.55. The van der Waals surface area contributed by atoms with E-state index in [0.29, 0.717) is 4.31 Å². The van der Waals surface area contributed by atoms with E-state index >= 15 is 0 Å². The summed E-state index contributed by atoms with van der Waals surface area (Å²) in [5, 5.41) is 11.4. The average Bonchev–Trinajstić information content (AvgIpc) is 2.66. The fraction of sp³-hybridized carbons (Fsp3) is 0.235. The van der Waals surface area contributed by atoms with Crippen LogP contribution in [0.5, 0.6) is 5.75 Å². The summed E-state index contributed by atoms with van der Waals surface area (Å²) < 4.78 is 49.9. The molecule has 0 fully saturated rings. The van der Waals surface area contributed by atoms with Gasteiger partial charge in [0.25, 0.3) is 15.7 Å². The molecule has 0 heterocycles. The number of methoxy groups -OCH3 is 1. The number of halogens is 1. The maximum Gasteiger partial charge on any atom is 0.326 e. The van der Waals surface area contributed by atoms with E-state index < -0.39 is 43.9 Å². The second kappa shape index (κ2) is 8.65. The summed E-state index contributed by atoms with van der Waals surface area (Å²) in [4.78, 5) is 21.8. The highest BCUT2D eigenvalue weighted by Gasteiger charge is 2.34. The molecule has 2 aromatic rings. The number of carbonyl (C=O) groups excluding carboxylic acids is 1. The Bertz CT molecular complexity index is 978. The lowest BCUT2D eigenvalue weighted by Gasteiger charge is -2.23. The third-order valence-electron chi connectivity index (χ3n) is 3.62. The van der Waals surface area contributed by atoms with Crippen molar-refractivity contribution in [2.45, 2.75) is 11.8 Å². The monoisotopic (exact) mass is 412 g/mol.